The van der Waals surface area contributed by atoms with Gasteiger partial charge in [-0.1, -0.05) is 18.5 Å². The summed E-state index contributed by atoms with van der Waals surface area (Å²) in [4.78, 5) is 13.9. The third-order valence-corrected chi connectivity index (χ3v) is 4.39. The van der Waals surface area contributed by atoms with E-state index in [1.807, 2.05) is 19.1 Å². The number of rotatable bonds is 5. The Balaban J connectivity index is 1.71. The lowest BCUT2D eigenvalue weighted by Gasteiger charge is -2.25. The third-order valence-electron chi connectivity index (χ3n) is 4.14. The molecule has 2 heterocycles. The fourth-order valence-corrected chi connectivity index (χ4v) is 2.92. The molecule has 1 amide bonds. The summed E-state index contributed by atoms with van der Waals surface area (Å²) in [6.07, 6.45) is 2.67. The maximum Gasteiger partial charge on any atom is 0.247 e. The second-order valence-corrected chi connectivity index (χ2v) is 6.35. The van der Waals surface area contributed by atoms with Crippen molar-refractivity contribution < 1.29 is 4.79 Å². The molecule has 1 fully saturated rings. The molecular weight excluding hydrogens is 328 g/mol. The van der Waals surface area contributed by atoms with E-state index in [1.54, 1.807) is 12.1 Å². The fourth-order valence-electron chi connectivity index (χ4n) is 2.80. The number of aromatic nitrogens is 4. The molecule has 0 aliphatic carbocycles. The maximum atomic E-state index is 12.5. The van der Waals surface area contributed by atoms with Gasteiger partial charge in [0.15, 0.2) is 6.04 Å². The van der Waals surface area contributed by atoms with Crippen LogP contribution < -0.4 is 10.6 Å². The van der Waals surface area contributed by atoms with Crippen LogP contribution in [0.15, 0.2) is 24.3 Å². The Hall–Kier alpha value is -1.99. The maximum absolute atomic E-state index is 12.5. The van der Waals surface area contributed by atoms with E-state index in [0.29, 0.717) is 17.3 Å². The summed E-state index contributed by atoms with van der Waals surface area (Å²) in [5, 5.41) is 19.5. The molecule has 2 atom stereocenters. The smallest absolute Gasteiger partial charge is 0.247 e. The van der Waals surface area contributed by atoms with E-state index in [1.165, 1.54) is 4.80 Å². The molecule has 1 aromatic heterocycles. The topological polar surface area (TPSA) is 84.7 Å². The standard InChI is InChI=1S/C16H21ClN6O/c1-2-14(16(24)19-13-4-3-9-18-10-13)23-21-15(20-22-23)11-5-7-12(17)8-6-11/h5-8,13-14,18H,2-4,9-10H2,1H3,(H,19,24). The molecule has 0 saturated carbocycles. The fraction of sp³-hybridized carbons (Fsp3) is 0.500. The Labute approximate surface area is 145 Å². The summed E-state index contributed by atoms with van der Waals surface area (Å²) >= 11 is 5.89. The predicted molar refractivity (Wildman–Crippen MR) is 91.6 cm³/mol. The first-order valence-corrected chi connectivity index (χ1v) is 8.61. The van der Waals surface area contributed by atoms with E-state index >= 15 is 0 Å². The Morgan fingerprint density at radius 1 is 1.46 bits per heavy atom. The lowest BCUT2D eigenvalue weighted by Crippen LogP contribution is -2.47. The zero-order valence-electron chi connectivity index (χ0n) is 13.6. The lowest BCUT2D eigenvalue weighted by atomic mass is 10.1. The monoisotopic (exact) mass is 348 g/mol. The number of nitrogens with zero attached hydrogens (tertiary/aromatic N) is 4. The summed E-state index contributed by atoms with van der Waals surface area (Å²) in [5.74, 6) is 0.420. The SMILES string of the molecule is CCC(C(=O)NC1CCCNC1)n1nnc(-c2ccc(Cl)cc2)n1. The van der Waals surface area contributed by atoms with Crippen LogP contribution in [-0.4, -0.2) is 45.2 Å². The average molecular weight is 349 g/mol. The molecule has 1 aromatic carbocycles. The first-order chi connectivity index (χ1) is 11.7. The number of benzene rings is 1. The van der Waals surface area contributed by atoms with Gasteiger partial charge in [-0.2, -0.15) is 4.80 Å². The number of nitrogens with one attached hydrogen (secondary N) is 2. The van der Waals surface area contributed by atoms with E-state index < -0.39 is 6.04 Å². The zero-order chi connectivity index (χ0) is 16.9. The van der Waals surface area contributed by atoms with Gasteiger partial charge < -0.3 is 10.6 Å². The van der Waals surface area contributed by atoms with E-state index in [9.17, 15) is 4.79 Å². The van der Waals surface area contributed by atoms with Crippen LogP contribution in [0.2, 0.25) is 5.02 Å². The molecule has 128 valence electrons. The Morgan fingerprint density at radius 2 is 2.25 bits per heavy atom. The normalized spacial score (nSPS) is 19.0. The number of hydrogen-bond donors (Lipinski definition) is 2. The number of hydrogen-bond acceptors (Lipinski definition) is 5. The van der Waals surface area contributed by atoms with Crippen molar-refractivity contribution in [1.82, 2.24) is 30.8 Å². The van der Waals surface area contributed by atoms with Gasteiger partial charge in [0.1, 0.15) is 0 Å². The van der Waals surface area contributed by atoms with Gasteiger partial charge in [-0.15, -0.1) is 10.2 Å². The quantitative estimate of drug-likeness (QED) is 0.860. The number of amides is 1. The Morgan fingerprint density at radius 3 is 2.92 bits per heavy atom. The number of carbonyl (C=O) groups is 1. The van der Waals surface area contributed by atoms with E-state index in [4.69, 9.17) is 11.6 Å². The molecule has 24 heavy (non-hydrogen) atoms. The molecule has 1 aliphatic rings. The summed E-state index contributed by atoms with van der Waals surface area (Å²) in [6.45, 7) is 3.76. The van der Waals surface area contributed by atoms with E-state index in [0.717, 1.165) is 31.5 Å². The van der Waals surface area contributed by atoms with E-state index in [-0.39, 0.29) is 11.9 Å². The first kappa shape index (κ1) is 16.9. The van der Waals surface area contributed by atoms with Crippen molar-refractivity contribution >= 4 is 17.5 Å². The van der Waals surface area contributed by atoms with Crippen LogP contribution >= 0.6 is 11.6 Å². The molecule has 0 spiro atoms. The van der Waals surface area contributed by atoms with Crippen molar-refractivity contribution in [1.29, 1.82) is 0 Å². The predicted octanol–water partition coefficient (Wildman–Crippen LogP) is 1.81. The van der Waals surface area contributed by atoms with Crippen LogP contribution in [0.5, 0.6) is 0 Å². The largest absolute Gasteiger partial charge is 0.350 e. The summed E-state index contributed by atoms with van der Waals surface area (Å²) in [6, 6.07) is 6.92. The molecule has 0 bridgehead atoms. The molecule has 2 unspecified atom stereocenters. The van der Waals surface area contributed by atoms with Gasteiger partial charge in [0.2, 0.25) is 11.7 Å². The molecule has 2 N–H and O–H groups in total. The number of tetrazole rings is 1. The highest BCUT2D eigenvalue weighted by Gasteiger charge is 2.25. The zero-order valence-corrected chi connectivity index (χ0v) is 14.3. The van der Waals surface area contributed by atoms with Gasteiger partial charge in [0.25, 0.3) is 0 Å². The van der Waals surface area contributed by atoms with Crippen LogP contribution in [0, 0.1) is 0 Å². The van der Waals surface area contributed by atoms with Crippen LogP contribution in [0.4, 0.5) is 0 Å². The van der Waals surface area contributed by atoms with Gasteiger partial charge >= 0.3 is 0 Å². The third kappa shape index (κ3) is 3.91. The minimum absolute atomic E-state index is 0.0637. The molecule has 2 aromatic rings. The average Bonchev–Trinajstić information content (AvgIpc) is 3.07. The molecule has 0 radical (unpaired) electrons. The van der Waals surface area contributed by atoms with Crippen molar-refractivity contribution in [2.24, 2.45) is 0 Å². The second-order valence-electron chi connectivity index (χ2n) is 5.92. The van der Waals surface area contributed by atoms with Crippen molar-refractivity contribution in [3.8, 4) is 11.4 Å². The summed E-state index contributed by atoms with van der Waals surface area (Å²) in [7, 11) is 0. The number of carbonyl (C=O) groups excluding carboxylic acids is 1. The summed E-state index contributed by atoms with van der Waals surface area (Å²) in [5.41, 5.74) is 0.817. The van der Waals surface area contributed by atoms with Crippen molar-refractivity contribution in [2.75, 3.05) is 13.1 Å². The Kier molecular flexibility index (Phi) is 5.42. The van der Waals surface area contributed by atoms with Gasteiger partial charge in [0, 0.05) is 23.2 Å². The number of piperidine rings is 1. The van der Waals surface area contributed by atoms with Crippen LogP contribution in [-0.2, 0) is 4.79 Å². The lowest BCUT2D eigenvalue weighted by molar-refractivity contribution is -0.125. The highest BCUT2D eigenvalue weighted by molar-refractivity contribution is 6.30. The second kappa shape index (κ2) is 7.72. The molecule has 7 nitrogen and oxygen atoms in total. The van der Waals surface area contributed by atoms with Gasteiger partial charge in [-0.05, 0) is 55.3 Å². The number of halogens is 1. The molecule has 8 heteroatoms. The molecule has 1 saturated heterocycles. The van der Waals surface area contributed by atoms with Crippen molar-refractivity contribution in [2.45, 2.75) is 38.3 Å². The highest BCUT2D eigenvalue weighted by Crippen LogP contribution is 2.18. The highest BCUT2D eigenvalue weighted by atomic mass is 35.5. The Bertz CT molecular complexity index is 680. The summed E-state index contributed by atoms with van der Waals surface area (Å²) < 4.78 is 0. The van der Waals surface area contributed by atoms with Crippen molar-refractivity contribution in [3.05, 3.63) is 29.3 Å². The van der Waals surface area contributed by atoms with Gasteiger partial charge in [-0.25, -0.2) is 0 Å². The molecular formula is C16H21ClN6O. The van der Waals surface area contributed by atoms with Gasteiger partial charge in [-0.3, -0.25) is 4.79 Å². The van der Waals surface area contributed by atoms with Crippen molar-refractivity contribution in [3.63, 3.8) is 0 Å². The van der Waals surface area contributed by atoms with Crippen LogP contribution in [0.25, 0.3) is 11.4 Å². The molecule has 1 aliphatic heterocycles. The molecule has 3 rings (SSSR count). The minimum atomic E-state index is -0.458. The van der Waals surface area contributed by atoms with Gasteiger partial charge in [0.05, 0.1) is 0 Å². The first-order valence-electron chi connectivity index (χ1n) is 8.24. The van der Waals surface area contributed by atoms with Crippen LogP contribution in [0.1, 0.15) is 32.2 Å². The van der Waals surface area contributed by atoms with E-state index in [2.05, 4.69) is 26.0 Å². The minimum Gasteiger partial charge on any atom is -0.350 e. The van der Waals surface area contributed by atoms with Crippen LogP contribution in [0.3, 0.4) is 0 Å².